The average molecular weight is 340 g/mol. The summed E-state index contributed by atoms with van der Waals surface area (Å²) in [5.74, 6) is 1.38. The van der Waals surface area contributed by atoms with E-state index in [2.05, 4.69) is 21.2 Å². The van der Waals surface area contributed by atoms with Crippen LogP contribution in [0.2, 0.25) is 0 Å². The second-order valence-corrected chi connectivity index (χ2v) is 5.40. The summed E-state index contributed by atoms with van der Waals surface area (Å²) >= 11 is 3.53. The summed E-state index contributed by atoms with van der Waals surface area (Å²) in [5, 5.41) is 13.3. The zero-order valence-electron chi connectivity index (χ0n) is 11.5. The van der Waals surface area contributed by atoms with E-state index in [0.29, 0.717) is 12.3 Å². The summed E-state index contributed by atoms with van der Waals surface area (Å²) in [4.78, 5) is 0. The van der Waals surface area contributed by atoms with E-state index in [4.69, 9.17) is 9.15 Å². The molecule has 2 rings (SSSR count). The number of aliphatic hydroxyl groups excluding tert-OH is 1. The van der Waals surface area contributed by atoms with Crippen LogP contribution in [0.25, 0.3) is 0 Å². The van der Waals surface area contributed by atoms with E-state index in [9.17, 15) is 5.11 Å². The summed E-state index contributed by atoms with van der Waals surface area (Å²) in [5.41, 5.74) is 1.11. The van der Waals surface area contributed by atoms with Crippen LogP contribution in [0.5, 0.6) is 5.75 Å². The molecule has 4 nitrogen and oxygen atoms in total. The lowest BCUT2D eigenvalue weighted by molar-refractivity contribution is 0.144. The Balaban J connectivity index is 1.96. The minimum atomic E-state index is -0.649. The molecule has 0 saturated carbocycles. The van der Waals surface area contributed by atoms with Crippen molar-refractivity contribution < 1.29 is 14.3 Å². The van der Waals surface area contributed by atoms with Crippen LogP contribution in [0.1, 0.15) is 30.4 Å². The first-order valence-corrected chi connectivity index (χ1v) is 7.19. The number of aliphatic hydroxyl groups is 1. The van der Waals surface area contributed by atoms with E-state index in [-0.39, 0.29) is 6.04 Å². The highest BCUT2D eigenvalue weighted by Gasteiger charge is 2.14. The van der Waals surface area contributed by atoms with Crippen LogP contribution < -0.4 is 10.1 Å². The molecule has 108 valence electrons. The van der Waals surface area contributed by atoms with E-state index in [1.165, 1.54) is 0 Å². The number of methoxy groups -OCH3 is 1. The van der Waals surface area contributed by atoms with E-state index >= 15 is 0 Å². The van der Waals surface area contributed by atoms with Gasteiger partial charge in [-0.15, -0.1) is 0 Å². The van der Waals surface area contributed by atoms with Crippen LogP contribution in [0.4, 0.5) is 0 Å². The van der Waals surface area contributed by atoms with Gasteiger partial charge in [-0.05, 0) is 36.8 Å². The van der Waals surface area contributed by atoms with Crippen LogP contribution in [0.3, 0.4) is 0 Å². The predicted octanol–water partition coefficient (Wildman–Crippen LogP) is 3.43. The fraction of sp³-hybridized carbons (Fsp3) is 0.333. The highest BCUT2D eigenvalue weighted by Crippen LogP contribution is 2.27. The lowest BCUT2D eigenvalue weighted by atomic mass is 10.1. The Hall–Kier alpha value is -1.30. The monoisotopic (exact) mass is 339 g/mol. The maximum atomic E-state index is 9.97. The van der Waals surface area contributed by atoms with Gasteiger partial charge in [-0.1, -0.05) is 22.0 Å². The molecule has 0 spiro atoms. The van der Waals surface area contributed by atoms with Gasteiger partial charge in [-0.3, -0.25) is 0 Å². The lowest BCUT2D eigenvalue weighted by Crippen LogP contribution is -2.24. The second-order valence-electron chi connectivity index (χ2n) is 4.55. The minimum Gasteiger partial charge on any atom is -0.497 e. The molecule has 20 heavy (non-hydrogen) atoms. The van der Waals surface area contributed by atoms with Gasteiger partial charge < -0.3 is 19.6 Å². The molecule has 1 aromatic carbocycles. The van der Waals surface area contributed by atoms with Crippen molar-refractivity contribution >= 4 is 15.9 Å². The maximum absolute atomic E-state index is 9.97. The van der Waals surface area contributed by atoms with Gasteiger partial charge in [0, 0.05) is 17.1 Å². The third-order valence-electron chi connectivity index (χ3n) is 3.16. The molecule has 0 aliphatic carbocycles. The SMILES string of the molecule is COc1ccc(C(C)NCC(O)c2ccco2)c(Br)c1. The Morgan fingerprint density at radius 3 is 2.80 bits per heavy atom. The second kappa shape index (κ2) is 6.92. The molecule has 0 saturated heterocycles. The molecule has 2 N–H and O–H groups in total. The molecule has 0 fully saturated rings. The van der Waals surface area contributed by atoms with Gasteiger partial charge in [0.2, 0.25) is 0 Å². The number of hydrogen-bond acceptors (Lipinski definition) is 4. The van der Waals surface area contributed by atoms with E-state index in [0.717, 1.165) is 15.8 Å². The van der Waals surface area contributed by atoms with E-state index in [1.54, 1.807) is 25.5 Å². The molecule has 0 aliphatic heterocycles. The van der Waals surface area contributed by atoms with Gasteiger partial charge in [-0.2, -0.15) is 0 Å². The van der Waals surface area contributed by atoms with Crippen molar-refractivity contribution in [1.29, 1.82) is 0 Å². The van der Waals surface area contributed by atoms with Crippen LogP contribution >= 0.6 is 15.9 Å². The largest absolute Gasteiger partial charge is 0.497 e. The van der Waals surface area contributed by atoms with Crippen LogP contribution in [-0.4, -0.2) is 18.8 Å². The minimum absolute atomic E-state index is 0.0971. The molecule has 0 radical (unpaired) electrons. The predicted molar refractivity (Wildman–Crippen MR) is 80.8 cm³/mol. The molecular weight excluding hydrogens is 322 g/mol. The van der Waals surface area contributed by atoms with Gasteiger partial charge in [0.25, 0.3) is 0 Å². The molecule has 5 heteroatoms. The number of ether oxygens (including phenoxy) is 1. The number of benzene rings is 1. The fourth-order valence-electron chi connectivity index (χ4n) is 1.97. The van der Waals surface area contributed by atoms with Crippen molar-refractivity contribution in [2.45, 2.75) is 19.1 Å². The topological polar surface area (TPSA) is 54.6 Å². The molecule has 2 unspecified atom stereocenters. The first-order valence-electron chi connectivity index (χ1n) is 6.40. The Kier molecular flexibility index (Phi) is 5.23. The summed E-state index contributed by atoms with van der Waals surface area (Å²) < 4.78 is 11.3. The van der Waals surface area contributed by atoms with E-state index in [1.807, 2.05) is 25.1 Å². The van der Waals surface area contributed by atoms with Crippen LogP contribution in [0, 0.1) is 0 Å². The van der Waals surface area contributed by atoms with Crippen molar-refractivity contribution in [2.24, 2.45) is 0 Å². The molecule has 0 amide bonds. The van der Waals surface area contributed by atoms with Crippen LogP contribution in [0.15, 0.2) is 45.5 Å². The normalized spacial score (nSPS) is 14.0. The first kappa shape index (κ1) is 15.1. The maximum Gasteiger partial charge on any atom is 0.133 e. The molecular formula is C15H18BrNO3. The zero-order chi connectivity index (χ0) is 14.5. The number of hydrogen-bond donors (Lipinski definition) is 2. The van der Waals surface area contributed by atoms with E-state index < -0.39 is 6.10 Å². The zero-order valence-corrected chi connectivity index (χ0v) is 13.1. The van der Waals surface area contributed by atoms with Crippen molar-refractivity contribution in [1.82, 2.24) is 5.32 Å². The lowest BCUT2D eigenvalue weighted by Gasteiger charge is -2.18. The smallest absolute Gasteiger partial charge is 0.133 e. The first-order chi connectivity index (χ1) is 9.61. The van der Waals surface area contributed by atoms with Gasteiger partial charge in [-0.25, -0.2) is 0 Å². The molecule has 2 atom stereocenters. The number of halogens is 1. The summed E-state index contributed by atoms with van der Waals surface area (Å²) in [7, 11) is 1.64. The molecule has 0 aliphatic rings. The van der Waals surface area contributed by atoms with Gasteiger partial charge in [0.15, 0.2) is 0 Å². The quantitative estimate of drug-likeness (QED) is 0.846. The van der Waals surface area contributed by atoms with Crippen molar-refractivity contribution in [3.63, 3.8) is 0 Å². The van der Waals surface area contributed by atoms with Gasteiger partial charge in [0.1, 0.15) is 17.6 Å². The third-order valence-corrected chi connectivity index (χ3v) is 3.85. The summed E-state index contributed by atoms with van der Waals surface area (Å²) in [6.45, 7) is 2.47. The Bertz CT molecular complexity index is 542. The van der Waals surface area contributed by atoms with Gasteiger partial charge >= 0.3 is 0 Å². The number of nitrogens with one attached hydrogen (secondary N) is 1. The highest BCUT2D eigenvalue weighted by atomic mass is 79.9. The molecule has 2 aromatic rings. The van der Waals surface area contributed by atoms with Crippen molar-refractivity contribution in [2.75, 3.05) is 13.7 Å². The fourth-order valence-corrected chi connectivity index (χ4v) is 2.67. The Morgan fingerprint density at radius 1 is 1.40 bits per heavy atom. The summed E-state index contributed by atoms with van der Waals surface area (Å²) in [6, 6.07) is 9.47. The Labute approximate surface area is 126 Å². The highest BCUT2D eigenvalue weighted by molar-refractivity contribution is 9.10. The molecule has 1 aromatic heterocycles. The van der Waals surface area contributed by atoms with Crippen molar-refractivity contribution in [3.05, 3.63) is 52.4 Å². The third kappa shape index (κ3) is 3.62. The molecule has 1 heterocycles. The average Bonchev–Trinajstić information content (AvgIpc) is 2.98. The van der Waals surface area contributed by atoms with Crippen molar-refractivity contribution in [3.8, 4) is 5.75 Å². The number of rotatable bonds is 6. The Morgan fingerprint density at radius 2 is 2.20 bits per heavy atom. The standard InChI is InChI=1S/C15H18BrNO3/c1-10(12-6-5-11(19-2)8-13(12)16)17-9-14(18)15-4-3-7-20-15/h3-8,10,14,17-18H,9H2,1-2H3. The summed E-state index contributed by atoms with van der Waals surface area (Å²) in [6.07, 6.45) is 0.909. The van der Waals surface area contributed by atoms with Crippen LogP contribution in [-0.2, 0) is 0 Å². The molecule has 0 bridgehead atoms. The number of furan rings is 1. The van der Waals surface area contributed by atoms with Gasteiger partial charge in [0.05, 0.1) is 13.4 Å².